The summed E-state index contributed by atoms with van der Waals surface area (Å²) in [6.45, 7) is 7.24. The molecule has 1 amide bonds. The third-order valence-corrected chi connectivity index (χ3v) is 8.24. The van der Waals surface area contributed by atoms with E-state index in [2.05, 4.69) is 52.8 Å². The van der Waals surface area contributed by atoms with Crippen LogP contribution in [0.2, 0.25) is 0 Å². The second kappa shape index (κ2) is 10.6. The van der Waals surface area contributed by atoms with Gasteiger partial charge in [-0.05, 0) is 31.0 Å². The van der Waals surface area contributed by atoms with Crippen LogP contribution in [0.4, 0.5) is 20.3 Å². The Hall–Kier alpha value is -3.79. The Labute approximate surface area is 232 Å². The van der Waals surface area contributed by atoms with E-state index in [4.69, 9.17) is 14.7 Å². The summed E-state index contributed by atoms with van der Waals surface area (Å²) in [6.07, 6.45) is 1.87. The molecule has 40 heavy (non-hydrogen) atoms. The van der Waals surface area contributed by atoms with Gasteiger partial charge >= 0.3 is 6.01 Å². The minimum Gasteiger partial charge on any atom is -0.462 e. The van der Waals surface area contributed by atoms with Gasteiger partial charge in [0, 0.05) is 61.8 Å². The lowest BCUT2D eigenvalue weighted by Crippen LogP contribution is -2.49. The molecule has 0 saturated carbocycles. The normalized spacial score (nSPS) is 21.0. The van der Waals surface area contributed by atoms with Crippen LogP contribution in [0.15, 0.2) is 55.1 Å². The van der Waals surface area contributed by atoms with Crippen molar-refractivity contribution in [1.82, 2.24) is 19.8 Å². The smallest absolute Gasteiger partial charge is 0.318 e. The van der Waals surface area contributed by atoms with Crippen LogP contribution >= 0.6 is 0 Å². The van der Waals surface area contributed by atoms with Crippen LogP contribution in [0.5, 0.6) is 6.01 Å². The van der Waals surface area contributed by atoms with Gasteiger partial charge in [0.1, 0.15) is 12.4 Å². The Morgan fingerprint density at radius 1 is 1.07 bits per heavy atom. The van der Waals surface area contributed by atoms with Gasteiger partial charge in [-0.25, -0.2) is 8.78 Å². The Morgan fingerprint density at radius 3 is 2.60 bits per heavy atom. The second-order valence-corrected chi connectivity index (χ2v) is 10.9. The standard InChI is InChI=1S/C30H34F2N6O2/c1-3-27(39)36-13-15-37(16-14-36)28-24-11-12-38(26-10-6-8-21-7-4-5-9-23(21)26)18-25(24)33-29(34-28)40-19-22-17-30(31,32)20-35(22)2/h3-10,22H,1,11-20H2,2H3. The molecule has 1 aromatic heterocycles. The van der Waals surface area contributed by atoms with Gasteiger partial charge in [0.2, 0.25) is 5.91 Å². The summed E-state index contributed by atoms with van der Waals surface area (Å²) in [5.41, 5.74) is 3.11. The SMILES string of the molecule is C=CC(=O)N1CCN(c2nc(OCC3CC(F)(F)CN3C)nc3c2CCN(c2cccc4ccccc24)C3)CC1. The van der Waals surface area contributed by atoms with Crippen LogP contribution in [0.3, 0.4) is 0 Å². The number of hydrogen-bond acceptors (Lipinski definition) is 7. The summed E-state index contributed by atoms with van der Waals surface area (Å²) in [4.78, 5) is 29.7. The molecule has 210 valence electrons. The number of ether oxygens (including phenoxy) is 1. The first-order chi connectivity index (χ1) is 19.3. The molecule has 0 N–H and O–H groups in total. The van der Waals surface area contributed by atoms with Crippen molar-refractivity contribution in [3.63, 3.8) is 0 Å². The zero-order valence-corrected chi connectivity index (χ0v) is 22.7. The van der Waals surface area contributed by atoms with Crippen LogP contribution < -0.4 is 14.5 Å². The molecule has 2 saturated heterocycles. The number of fused-ring (bicyclic) bond motifs is 2. The molecule has 0 radical (unpaired) electrons. The molecule has 10 heteroatoms. The minimum absolute atomic E-state index is 0.0726. The summed E-state index contributed by atoms with van der Waals surface area (Å²) in [6, 6.07) is 14.5. The molecular weight excluding hydrogens is 514 g/mol. The molecule has 4 heterocycles. The number of hydrogen-bond donors (Lipinski definition) is 0. The number of anilines is 2. The number of piperazine rings is 1. The van der Waals surface area contributed by atoms with Crippen molar-refractivity contribution < 1.29 is 18.3 Å². The molecule has 0 aliphatic carbocycles. The van der Waals surface area contributed by atoms with Crippen LogP contribution in [-0.2, 0) is 17.8 Å². The molecule has 3 aliphatic heterocycles. The number of benzene rings is 2. The topological polar surface area (TPSA) is 65.0 Å². The first kappa shape index (κ1) is 26.4. The number of carbonyl (C=O) groups is 1. The number of nitrogens with zero attached hydrogens (tertiary/aromatic N) is 6. The Kier molecular flexibility index (Phi) is 7.04. The first-order valence-electron chi connectivity index (χ1n) is 13.8. The highest BCUT2D eigenvalue weighted by molar-refractivity contribution is 5.94. The second-order valence-electron chi connectivity index (χ2n) is 10.9. The van der Waals surface area contributed by atoms with Crippen molar-refractivity contribution in [3.8, 4) is 6.01 Å². The van der Waals surface area contributed by atoms with Crippen LogP contribution in [0.1, 0.15) is 17.7 Å². The maximum atomic E-state index is 14.0. The van der Waals surface area contributed by atoms with Gasteiger partial charge in [-0.15, -0.1) is 0 Å². The lowest BCUT2D eigenvalue weighted by molar-refractivity contribution is -0.126. The summed E-state index contributed by atoms with van der Waals surface area (Å²) in [5, 5.41) is 2.37. The predicted molar refractivity (Wildman–Crippen MR) is 151 cm³/mol. The van der Waals surface area contributed by atoms with Gasteiger partial charge in [0.05, 0.1) is 18.8 Å². The molecular formula is C30H34F2N6O2. The molecule has 2 fully saturated rings. The van der Waals surface area contributed by atoms with Crippen molar-refractivity contribution in [2.45, 2.75) is 31.4 Å². The number of alkyl halides is 2. The molecule has 0 bridgehead atoms. The van der Waals surface area contributed by atoms with Crippen molar-refractivity contribution in [2.75, 3.05) is 62.7 Å². The molecule has 6 rings (SSSR count). The monoisotopic (exact) mass is 548 g/mol. The Balaban J connectivity index is 1.29. The maximum Gasteiger partial charge on any atom is 0.318 e. The van der Waals surface area contributed by atoms with Gasteiger partial charge in [-0.2, -0.15) is 9.97 Å². The zero-order valence-electron chi connectivity index (χ0n) is 22.7. The van der Waals surface area contributed by atoms with Crippen LogP contribution in [-0.4, -0.2) is 90.6 Å². The van der Waals surface area contributed by atoms with Gasteiger partial charge in [-0.1, -0.05) is 43.0 Å². The van der Waals surface area contributed by atoms with Crippen molar-refractivity contribution in [3.05, 3.63) is 66.4 Å². The summed E-state index contributed by atoms with van der Waals surface area (Å²) in [7, 11) is 1.69. The Morgan fingerprint density at radius 2 is 1.85 bits per heavy atom. The van der Waals surface area contributed by atoms with Gasteiger partial charge in [0.25, 0.3) is 5.92 Å². The number of halogens is 2. The highest BCUT2D eigenvalue weighted by Gasteiger charge is 2.43. The minimum atomic E-state index is -2.72. The van der Waals surface area contributed by atoms with Crippen LogP contribution in [0, 0.1) is 0 Å². The number of likely N-dealkylation sites (N-methyl/N-ethyl adjacent to an activating group) is 1. The van der Waals surface area contributed by atoms with E-state index in [-0.39, 0.29) is 31.5 Å². The van der Waals surface area contributed by atoms with E-state index in [1.807, 2.05) is 6.07 Å². The molecule has 1 atom stereocenters. The predicted octanol–water partition coefficient (Wildman–Crippen LogP) is 3.75. The van der Waals surface area contributed by atoms with Crippen molar-refractivity contribution >= 4 is 28.2 Å². The van der Waals surface area contributed by atoms with E-state index < -0.39 is 12.0 Å². The van der Waals surface area contributed by atoms with E-state index in [1.165, 1.54) is 16.8 Å². The zero-order chi connectivity index (χ0) is 27.9. The maximum absolute atomic E-state index is 14.0. The number of rotatable bonds is 6. The first-order valence-corrected chi connectivity index (χ1v) is 13.8. The molecule has 3 aliphatic rings. The largest absolute Gasteiger partial charge is 0.462 e. The van der Waals surface area contributed by atoms with Crippen molar-refractivity contribution in [2.24, 2.45) is 0 Å². The fourth-order valence-corrected chi connectivity index (χ4v) is 6.09. The van der Waals surface area contributed by atoms with Gasteiger partial charge in [-0.3, -0.25) is 9.69 Å². The summed E-state index contributed by atoms with van der Waals surface area (Å²) >= 11 is 0. The van der Waals surface area contributed by atoms with E-state index in [9.17, 15) is 13.6 Å². The highest BCUT2D eigenvalue weighted by atomic mass is 19.3. The molecule has 2 aromatic carbocycles. The lowest BCUT2D eigenvalue weighted by Gasteiger charge is -2.38. The lowest BCUT2D eigenvalue weighted by atomic mass is 10.0. The third-order valence-electron chi connectivity index (χ3n) is 8.24. The molecule has 8 nitrogen and oxygen atoms in total. The van der Waals surface area contributed by atoms with E-state index in [0.717, 1.165) is 35.7 Å². The highest BCUT2D eigenvalue weighted by Crippen LogP contribution is 2.35. The quantitative estimate of drug-likeness (QED) is 0.435. The average Bonchev–Trinajstić information content (AvgIpc) is 3.25. The van der Waals surface area contributed by atoms with E-state index in [0.29, 0.717) is 32.7 Å². The summed E-state index contributed by atoms with van der Waals surface area (Å²) < 4.78 is 33.9. The molecule has 3 aromatic rings. The average molecular weight is 549 g/mol. The number of carbonyl (C=O) groups excluding carboxylic acids is 1. The van der Waals surface area contributed by atoms with Gasteiger partial charge < -0.3 is 19.4 Å². The van der Waals surface area contributed by atoms with Gasteiger partial charge in [0.15, 0.2) is 0 Å². The van der Waals surface area contributed by atoms with E-state index >= 15 is 0 Å². The van der Waals surface area contributed by atoms with Crippen molar-refractivity contribution in [1.29, 1.82) is 0 Å². The number of likely N-dealkylation sites (tertiary alicyclic amines) is 1. The Bertz CT molecular complexity index is 1420. The fourth-order valence-electron chi connectivity index (χ4n) is 6.09. The third kappa shape index (κ3) is 5.20. The van der Waals surface area contributed by atoms with E-state index in [1.54, 1.807) is 16.8 Å². The number of amides is 1. The molecule has 1 unspecified atom stereocenters. The number of aromatic nitrogens is 2. The molecule has 0 spiro atoms. The summed E-state index contributed by atoms with van der Waals surface area (Å²) in [5.74, 6) is -1.98. The fraction of sp³-hybridized carbons (Fsp3) is 0.433. The van der Waals surface area contributed by atoms with Crippen LogP contribution in [0.25, 0.3) is 10.8 Å².